The lowest BCUT2D eigenvalue weighted by atomic mass is 9.33. The van der Waals surface area contributed by atoms with Crippen LogP contribution in [-0.4, -0.2) is 28.9 Å². The van der Waals surface area contributed by atoms with Gasteiger partial charge in [0, 0.05) is 24.2 Å². The number of carbonyl (C=O) groups is 3. The fraction of sp³-hybridized carbons (Fsp3) is 0.848. The minimum Gasteiger partial charge on any atom is -0.481 e. The number of rotatable bonds is 4. The summed E-state index contributed by atoms with van der Waals surface area (Å²) >= 11 is 0. The zero-order chi connectivity index (χ0) is 28.1. The van der Waals surface area contributed by atoms with Crippen molar-refractivity contribution in [3.8, 4) is 0 Å². The van der Waals surface area contributed by atoms with E-state index in [1.165, 1.54) is 12.5 Å². The molecule has 0 spiro atoms. The Labute approximate surface area is 229 Å². The van der Waals surface area contributed by atoms with Crippen LogP contribution in [0.5, 0.6) is 0 Å². The van der Waals surface area contributed by atoms with Gasteiger partial charge in [0.15, 0.2) is 5.78 Å². The van der Waals surface area contributed by atoms with Crippen molar-refractivity contribution in [1.29, 1.82) is 0 Å². The molecule has 0 bridgehead atoms. The highest BCUT2D eigenvalue weighted by atomic mass is 16.5. The Kier molecular flexibility index (Phi) is 6.37. The van der Waals surface area contributed by atoms with Crippen LogP contribution in [0.15, 0.2) is 11.1 Å². The van der Waals surface area contributed by atoms with Crippen LogP contribution in [-0.2, 0) is 19.1 Å². The summed E-state index contributed by atoms with van der Waals surface area (Å²) in [6.07, 6.45) is 8.72. The summed E-state index contributed by atoms with van der Waals surface area (Å²) < 4.78 is 5.88. The number of carboxylic acids is 1. The Balaban J connectivity index is 1.56. The van der Waals surface area contributed by atoms with E-state index in [4.69, 9.17) is 4.74 Å². The molecule has 0 aliphatic heterocycles. The van der Waals surface area contributed by atoms with Crippen molar-refractivity contribution < 1.29 is 24.2 Å². The monoisotopic (exact) mass is 526 g/mol. The van der Waals surface area contributed by atoms with Crippen molar-refractivity contribution in [1.82, 2.24) is 0 Å². The first-order valence-electron chi connectivity index (χ1n) is 15.2. The predicted molar refractivity (Wildman–Crippen MR) is 147 cm³/mol. The average molecular weight is 527 g/mol. The minimum atomic E-state index is -0.774. The number of carboxylic acid groups (broad SMARTS) is 1. The molecule has 0 radical (unpaired) electrons. The Bertz CT molecular complexity index is 1080. The van der Waals surface area contributed by atoms with E-state index >= 15 is 0 Å². The zero-order valence-corrected chi connectivity index (χ0v) is 25.0. The van der Waals surface area contributed by atoms with Crippen molar-refractivity contribution in [2.75, 3.05) is 0 Å². The van der Waals surface area contributed by atoms with Crippen molar-refractivity contribution in [2.24, 2.45) is 50.7 Å². The molecule has 0 heterocycles. The van der Waals surface area contributed by atoms with Crippen LogP contribution in [0.1, 0.15) is 120 Å². The standard InChI is InChI=1S/C33H50O5/c1-19(2)27-22(35)17-33(18-26(36)37)16-15-31(7)21(28(27)33)9-10-24-30(6)13-12-25(38-20(3)34)29(4,5)23(30)11-14-32(24,31)8/h19,21,23-25H,9-18H2,1-8H3,(H,36,37)/t21?,23-,24+,25-,30?,31+,32?,33-/m0/s1. The van der Waals surface area contributed by atoms with Gasteiger partial charge in [0.2, 0.25) is 0 Å². The van der Waals surface area contributed by atoms with E-state index < -0.39 is 11.4 Å². The van der Waals surface area contributed by atoms with Crippen molar-refractivity contribution in [3.05, 3.63) is 11.1 Å². The van der Waals surface area contributed by atoms with Crippen molar-refractivity contribution >= 4 is 17.7 Å². The molecular weight excluding hydrogens is 476 g/mol. The molecule has 0 saturated heterocycles. The van der Waals surface area contributed by atoms with Crippen LogP contribution < -0.4 is 0 Å². The average Bonchev–Trinajstić information content (AvgIpc) is 3.07. The lowest BCUT2D eigenvalue weighted by Crippen LogP contribution is -2.65. The van der Waals surface area contributed by atoms with Gasteiger partial charge in [-0.25, -0.2) is 0 Å². The maximum atomic E-state index is 13.4. The molecule has 0 aromatic rings. The number of ether oxygens (including phenoxy) is 1. The maximum absolute atomic E-state index is 13.4. The number of hydrogen-bond acceptors (Lipinski definition) is 4. The van der Waals surface area contributed by atoms with Gasteiger partial charge in [0.05, 0.1) is 6.42 Å². The fourth-order valence-electron chi connectivity index (χ4n) is 11.6. The molecular formula is C33H50O5. The van der Waals surface area contributed by atoms with E-state index in [0.717, 1.165) is 56.9 Å². The quantitative estimate of drug-likeness (QED) is 0.387. The third kappa shape index (κ3) is 3.58. The van der Waals surface area contributed by atoms with Gasteiger partial charge in [0.1, 0.15) is 6.10 Å². The Morgan fingerprint density at radius 1 is 0.921 bits per heavy atom. The summed E-state index contributed by atoms with van der Waals surface area (Å²) in [5.41, 5.74) is 2.02. The molecule has 4 saturated carbocycles. The number of hydrogen-bond donors (Lipinski definition) is 1. The summed E-state index contributed by atoms with van der Waals surface area (Å²) in [5.74, 6) is 0.738. The second kappa shape index (κ2) is 8.67. The second-order valence-electron chi connectivity index (χ2n) is 15.5. The Morgan fingerprint density at radius 2 is 1.61 bits per heavy atom. The van der Waals surface area contributed by atoms with E-state index in [1.54, 1.807) is 0 Å². The van der Waals surface area contributed by atoms with Crippen LogP contribution in [0.4, 0.5) is 0 Å². The van der Waals surface area contributed by atoms with Gasteiger partial charge in [-0.1, -0.05) is 54.0 Å². The highest BCUT2D eigenvalue weighted by Gasteiger charge is 2.70. The molecule has 5 aliphatic carbocycles. The van der Waals surface area contributed by atoms with Crippen molar-refractivity contribution in [2.45, 2.75) is 126 Å². The molecule has 8 atom stereocenters. The number of allylic oxidation sites excluding steroid dienone is 2. The summed E-state index contributed by atoms with van der Waals surface area (Å²) in [7, 11) is 0. The van der Waals surface area contributed by atoms with Gasteiger partial charge in [-0.2, -0.15) is 0 Å². The molecule has 5 heteroatoms. The normalized spacial score (nSPS) is 45.7. The van der Waals surface area contributed by atoms with Crippen LogP contribution >= 0.6 is 0 Å². The Hall–Kier alpha value is -1.65. The van der Waals surface area contributed by atoms with E-state index in [1.807, 2.05) is 0 Å². The van der Waals surface area contributed by atoms with Crippen LogP contribution in [0.2, 0.25) is 0 Å². The van der Waals surface area contributed by atoms with Crippen LogP contribution in [0.3, 0.4) is 0 Å². The third-order valence-electron chi connectivity index (χ3n) is 13.3. The molecule has 5 aliphatic rings. The molecule has 0 amide bonds. The first kappa shape index (κ1) is 27.9. The molecule has 1 N–H and O–H groups in total. The smallest absolute Gasteiger partial charge is 0.304 e. The number of esters is 1. The largest absolute Gasteiger partial charge is 0.481 e. The minimum absolute atomic E-state index is 0.0241. The third-order valence-corrected chi connectivity index (χ3v) is 13.3. The summed E-state index contributed by atoms with van der Waals surface area (Å²) in [6.45, 7) is 18.0. The molecule has 4 fully saturated rings. The highest BCUT2D eigenvalue weighted by Crippen LogP contribution is 2.77. The van der Waals surface area contributed by atoms with E-state index in [-0.39, 0.29) is 57.8 Å². The zero-order valence-electron chi connectivity index (χ0n) is 25.0. The topological polar surface area (TPSA) is 80.7 Å². The summed E-state index contributed by atoms with van der Waals surface area (Å²) in [6, 6.07) is 0. The Morgan fingerprint density at radius 3 is 2.21 bits per heavy atom. The number of aliphatic carboxylic acids is 1. The summed E-state index contributed by atoms with van der Waals surface area (Å²) in [4.78, 5) is 37.5. The van der Waals surface area contributed by atoms with Gasteiger partial charge in [0.25, 0.3) is 0 Å². The number of ketones is 1. The maximum Gasteiger partial charge on any atom is 0.304 e. The van der Waals surface area contributed by atoms with E-state index in [9.17, 15) is 19.5 Å². The number of carbonyl (C=O) groups excluding carboxylic acids is 2. The van der Waals surface area contributed by atoms with Gasteiger partial charge in [-0.05, 0) is 96.9 Å². The molecule has 3 unspecified atom stereocenters. The lowest BCUT2D eigenvalue weighted by molar-refractivity contribution is -0.233. The van der Waals surface area contributed by atoms with E-state index in [0.29, 0.717) is 18.3 Å². The predicted octanol–water partition coefficient (Wildman–Crippen LogP) is 7.37. The van der Waals surface area contributed by atoms with Gasteiger partial charge >= 0.3 is 11.9 Å². The lowest BCUT2D eigenvalue weighted by Gasteiger charge is -2.72. The fourth-order valence-corrected chi connectivity index (χ4v) is 11.6. The van der Waals surface area contributed by atoms with Crippen LogP contribution in [0, 0.1) is 50.7 Å². The molecule has 5 rings (SSSR count). The van der Waals surface area contributed by atoms with Gasteiger partial charge < -0.3 is 9.84 Å². The second-order valence-corrected chi connectivity index (χ2v) is 15.5. The highest BCUT2D eigenvalue weighted by molar-refractivity contribution is 6.01. The SMILES string of the molecule is CC(=O)O[C@H]1CCC2(C)[C@H]3CCC4C5=C(C(C)C)C(=O)C[C@]5(CC(=O)O)CC[C@@]4(C)C3(C)CC[C@H]2C1(C)C. The van der Waals surface area contributed by atoms with Gasteiger partial charge in [-0.3, -0.25) is 14.4 Å². The van der Waals surface area contributed by atoms with Gasteiger partial charge in [-0.15, -0.1) is 0 Å². The molecule has 212 valence electrons. The van der Waals surface area contributed by atoms with E-state index in [2.05, 4.69) is 48.5 Å². The molecule has 5 nitrogen and oxygen atoms in total. The molecule has 38 heavy (non-hydrogen) atoms. The first-order chi connectivity index (χ1) is 17.5. The number of fused-ring (bicyclic) bond motifs is 7. The molecule has 0 aromatic carbocycles. The molecule has 0 aromatic heterocycles. The van der Waals surface area contributed by atoms with Crippen molar-refractivity contribution in [3.63, 3.8) is 0 Å². The van der Waals surface area contributed by atoms with Crippen LogP contribution in [0.25, 0.3) is 0 Å². The first-order valence-corrected chi connectivity index (χ1v) is 15.2. The summed E-state index contributed by atoms with van der Waals surface area (Å²) in [5, 5.41) is 9.94. The number of Topliss-reactive ketones (excluding diaryl/α,β-unsaturated/α-hetero) is 1.